The first-order valence-corrected chi connectivity index (χ1v) is 8.31. The van der Waals surface area contributed by atoms with Gasteiger partial charge in [0.15, 0.2) is 0 Å². The highest BCUT2D eigenvalue weighted by atomic mass is 32.2. The van der Waals surface area contributed by atoms with Gasteiger partial charge in [-0.05, 0) is 53.1 Å². The number of thioether (sulfide) groups is 1. The predicted octanol–water partition coefficient (Wildman–Crippen LogP) is 2.43. The second-order valence-electron chi connectivity index (χ2n) is 4.70. The summed E-state index contributed by atoms with van der Waals surface area (Å²) in [7, 11) is 0. The van der Waals surface area contributed by atoms with Crippen LogP contribution in [0.3, 0.4) is 0 Å². The van der Waals surface area contributed by atoms with E-state index in [9.17, 15) is 4.79 Å². The van der Waals surface area contributed by atoms with Crippen LogP contribution in [0.5, 0.6) is 0 Å². The van der Waals surface area contributed by atoms with Crippen LogP contribution in [0, 0.1) is 0 Å². The van der Waals surface area contributed by atoms with E-state index in [0.717, 1.165) is 11.4 Å². The molecule has 1 amide bonds. The molecule has 0 aliphatic heterocycles. The van der Waals surface area contributed by atoms with Gasteiger partial charge in [-0.2, -0.15) is 4.68 Å². The van der Waals surface area contributed by atoms with Gasteiger partial charge in [0.25, 0.3) is 0 Å². The van der Waals surface area contributed by atoms with Gasteiger partial charge >= 0.3 is 0 Å². The molecule has 0 unspecified atom stereocenters. The standard InChI is InChI=1S/C16H14N6OS/c1-24-16-19-20-21-22(16)14-7-4-6-13(11-14)18-15(23)9-8-12-5-2-3-10-17-12/h2-11H,1H3,(H,18,23). The Morgan fingerprint density at radius 2 is 2.17 bits per heavy atom. The van der Waals surface area contributed by atoms with Gasteiger partial charge in [-0.3, -0.25) is 9.78 Å². The van der Waals surface area contributed by atoms with Crippen LogP contribution in [-0.2, 0) is 4.79 Å². The molecule has 0 radical (unpaired) electrons. The van der Waals surface area contributed by atoms with Gasteiger partial charge in [-0.15, -0.1) is 5.10 Å². The quantitative estimate of drug-likeness (QED) is 0.568. The Morgan fingerprint density at radius 3 is 2.96 bits per heavy atom. The summed E-state index contributed by atoms with van der Waals surface area (Å²) in [6.45, 7) is 0. The molecule has 8 heteroatoms. The maximum Gasteiger partial charge on any atom is 0.248 e. The first-order valence-electron chi connectivity index (χ1n) is 7.09. The lowest BCUT2D eigenvalue weighted by molar-refractivity contribution is -0.111. The van der Waals surface area contributed by atoms with Crippen LogP contribution >= 0.6 is 11.8 Å². The lowest BCUT2D eigenvalue weighted by atomic mass is 10.2. The highest BCUT2D eigenvalue weighted by Gasteiger charge is 2.08. The SMILES string of the molecule is CSc1nnnn1-c1cccc(NC(=O)C=Cc2ccccn2)c1. The number of amides is 1. The van der Waals surface area contributed by atoms with Crippen molar-refractivity contribution in [3.63, 3.8) is 0 Å². The molecule has 24 heavy (non-hydrogen) atoms. The van der Waals surface area contributed by atoms with Crippen LogP contribution in [0.1, 0.15) is 5.69 Å². The van der Waals surface area contributed by atoms with E-state index >= 15 is 0 Å². The van der Waals surface area contributed by atoms with Crippen molar-refractivity contribution in [1.82, 2.24) is 25.2 Å². The number of aromatic nitrogens is 5. The van der Waals surface area contributed by atoms with E-state index in [0.29, 0.717) is 10.8 Å². The van der Waals surface area contributed by atoms with Gasteiger partial charge in [-0.25, -0.2) is 0 Å². The third-order valence-electron chi connectivity index (χ3n) is 3.07. The smallest absolute Gasteiger partial charge is 0.248 e. The summed E-state index contributed by atoms with van der Waals surface area (Å²) in [5.41, 5.74) is 2.15. The van der Waals surface area contributed by atoms with Crippen molar-refractivity contribution in [2.45, 2.75) is 5.16 Å². The number of pyridine rings is 1. The van der Waals surface area contributed by atoms with Crippen LogP contribution in [0.2, 0.25) is 0 Å². The molecule has 0 saturated heterocycles. The van der Waals surface area contributed by atoms with Crippen LogP contribution < -0.4 is 5.32 Å². The number of nitrogens with zero attached hydrogens (tertiary/aromatic N) is 5. The second-order valence-corrected chi connectivity index (χ2v) is 5.48. The third kappa shape index (κ3) is 3.85. The fourth-order valence-corrected chi connectivity index (χ4v) is 2.44. The number of rotatable bonds is 5. The molecule has 0 atom stereocenters. The molecule has 7 nitrogen and oxygen atoms in total. The Hall–Kier alpha value is -3.00. The van der Waals surface area contributed by atoms with E-state index in [2.05, 4.69) is 25.8 Å². The summed E-state index contributed by atoms with van der Waals surface area (Å²) >= 11 is 1.44. The highest BCUT2D eigenvalue weighted by molar-refractivity contribution is 7.98. The zero-order chi connectivity index (χ0) is 16.8. The van der Waals surface area contributed by atoms with Crippen molar-refractivity contribution in [1.29, 1.82) is 0 Å². The molecule has 0 spiro atoms. The number of hydrogen-bond donors (Lipinski definition) is 1. The zero-order valence-corrected chi connectivity index (χ0v) is 13.6. The molecule has 2 heterocycles. The van der Waals surface area contributed by atoms with Crippen molar-refractivity contribution in [3.8, 4) is 5.69 Å². The molecule has 1 N–H and O–H groups in total. The number of anilines is 1. The lowest BCUT2D eigenvalue weighted by Gasteiger charge is -2.06. The molecule has 0 aliphatic rings. The first-order chi connectivity index (χ1) is 11.8. The van der Waals surface area contributed by atoms with E-state index in [1.165, 1.54) is 17.8 Å². The molecule has 3 rings (SSSR count). The Bertz CT molecular complexity index is 862. The fraction of sp³-hybridized carbons (Fsp3) is 0.0625. The summed E-state index contributed by atoms with van der Waals surface area (Å²) in [6.07, 6.45) is 6.68. The maximum atomic E-state index is 12.0. The Kier molecular flexibility index (Phi) is 4.97. The normalized spacial score (nSPS) is 10.9. The van der Waals surface area contributed by atoms with Gasteiger partial charge in [0, 0.05) is 18.0 Å². The summed E-state index contributed by atoms with van der Waals surface area (Å²) in [6, 6.07) is 12.8. The average Bonchev–Trinajstić information content (AvgIpc) is 3.10. The van der Waals surface area contributed by atoms with Crippen LogP contribution in [0.15, 0.2) is 59.9 Å². The minimum absolute atomic E-state index is 0.236. The van der Waals surface area contributed by atoms with E-state index in [-0.39, 0.29) is 5.91 Å². The number of carbonyl (C=O) groups is 1. The Labute approximate surface area is 142 Å². The second kappa shape index (κ2) is 7.51. The Morgan fingerprint density at radius 1 is 1.25 bits per heavy atom. The highest BCUT2D eigenvalue weighted by Crippen LogP contribution is 2.18. The van der Waals surface area contributed by atoms with Crippen molar-refractivity contribution >= 4 is 29.4 Å². The predicted molar refractivity (Wildman–Crippen MR) is 92.8 cm³/mol. The van der Waals surface area contributed by atoms with Crippen molar-refractivity contribution in [2.75, 3.05) is 11.6 Å². The molecule has 0 aliphatic carbocycles. The lowest BCUT2D eigenvalue weighted by Crippen LogP contribution is -2.08. The van der Waals surface area contributed by atoms with E-state index in [4.69, 9.17) is 0 Å². The summed E-state index contributed by atoms with van der Waals surface area (Å²) in [5, 5.41) is 15.0. The third-order valence-corrected chi connectivity index (χ3v) is 3.69. The first kappa shape index (κ1) is 15.9. The minimum atomic E-state index is -0.236. The number of hydrogen-bond acceptors (Lipinski definition) is 6. The molecule has 120 valence electrons. The van der Waals surface area contributed by atoms with Crippen LogP contribution in [0.4, 0.5) is 5.69 Å². The van der Waals surface area contributed by atoms with Crippen LogP contribution in [-0.4, -0.2) is 37.4 Å². The largest absolute Gasteiger partial charge is 0.322 e. The monoisotopic (exact) mass is 338 g/mol. The van der Waals surface area contributed by atoms with Crippen molar-refractivity contribution in [3.05, 3.63) is 60.4 Å². The number of carbonyl (C=O) groups excluding carboxylic acids is 1. The molecule has 2 aromatic heterocycles. The Balaban J connectivity index is 1.73. The topological polar surface area (TPSA) is 85.6 Å². The van der Waals surface area contributed by atoms with Gasteiger partial charge < -0.3 is 5.32 Å². The van der Waals surface area contributed by atoms with E-state index < -0.39 is 0 Å². The minimum Gasteiger partial charge on any atom is -0.322 e. The van der Waals surface area contributed by atoms with Crippen molar-refractivity contribution in [2.24, 2.45) is 0 Å². The summed E-state index contributed by atoms with van der Waals surface area (Å²) < 4.78 is 1.62. The van der Waals surface area contributed by atoms with E-state index in [1.54, 1.807) is 23.0 Å². The average molecular weight is 338 g/mol. The molecular weight excluding hydrogens is 324 g/mol. The van der Waals surface area contributed by atoms with Gasteiger partial charge in [0.1, 0.15) is 0 Å². The van der Waals surface area contributed by atoms with Gasteiger partial charge in [0.2, 0.25) is 11.1 Å². The van der Waals surface area contributed by atoms with Gasteiger partial charge in [-0.1, -0.05) is 23.9 Å². The zero-order valence-electron chi connectivity index (χ0n) is 12.8. The summed E-state index contributed by atoms with van der Waals surface area (Å²) in [5.74, 6) is -0.236. The molecular formula is C16H14N6OS. The summed E-state index contributed by atoms with van der Waals surface area (Å²) in [4.78, 5) is 16.2. The molecule has 1 aromatic carbocycles. The molecule has 0 fully saturated rings. The molecule has 0 saturated carbocycles. The molecule has 0 bridgehead atoms. The number of benzene rings is 1. The van der Waals surface area contributed by atoms with Crippen molar-refractivity contribution < 1.29 is 4.79 Å². The maximum absolute atomic E-state index is 12.0. The molecule has 3 aromatic rings. The van der Waals surface area contributed by atoms with Gasteiger partial charge in [0.05, 0.1) is 11.4 Å². The van der Waals surface area contributed by atoms with Crippen LogP contribution in [0.25, 0.3) is 11.8 Å². The number of tetrazole rings is 1. The number of nitrogens with one attached hydrogen (secondary N) is 1. The van der Waals surface area contributed by atoms with E-state index in [1.807, 2.05) is 42.7 Å². The fourth-order valence-electron chi connectivity index (χ4n) is 2.00.